The van der Waals surface area contributed by atoms with Gasteiger partial charge in [0.2, 0.25) is 0 Å². The third-order valence-electron chi connectivity index (χ3n) is 2.93. The summed E-state index contributed by atoms with van der Waals surface area (Å²) in [6.45, 7) is 6.83. The Labute approximate surface area is 130 Å². The zero-order chi connectivity index (χ0) is 16.9. The van der Waals surface area contributed by atoms with Gasteiger partial charge in [0.25, 0.3) is 5.91 Å². The van der Waals surface area contributed by atoms with E-state index < -0.39 is 27.8 Å². The number of carbonyl (C=O) groups is 2. The SMILES string of the molecule is C=CCNC(=O)C(C)OC(=O)c1cc(S(C)(=O)=O)ccc1C. The van der Waals surface area contributed by atoms with Crippen molar-refractivity contribution in [2.45, 2.75) is 24.8 Å². The monoisotopic (exact) mass is 325 g/mol. The molecule has 1 N–H and O–H groups in total. The molecule has 1 aromatic rings. The minimum absolute atomic E-state index is 0.0220. The Morgan fingerprint density at radius 2 is 2.05 bits per heavy atom. The van der Waals surface area contributed by atoms with Crippen molar-refractivity contribution >= 4 is 21.7 Å². The third-order valence-corrected chi connectivity index (χ3v) is 4.04. The molecule has 1 rings (SSSR count). The third kappa shape index (κ3) is 4.70. The molecule has 120 valence electrons. The molecule has 6 nitrogen and oxygen atoms in total. The van der Waals surface area contributed by atoms with E-state index in [-0.39, 0.29) is 17.0 Å². The quantitative estimate of drug-likeness (QED) is 0.628. The molecule has 0 spiro atoms. The largest absolute Gasteiger partial charge is 0.449 e. The average Bonchev–Trinajstić information content (AvgIpc) is 2.43. The number of benzene rings is 1. The van der Waals surface area contributed by atoms with Crippen LogP contribution in [0.2, 0.25) is 0 Å². The van der Waals surface area contributed by atoms with Crippen LogP contribution in [-0.2, 0) is 19.4 Å². The second-order valence-electron chi connectivity index (χ2n) is 4.83. The van der Waals surface area contributed by atoms with Gasteiger partial charge in [-0.3, -0.25) is 4.79 Å². The van der Waals surface area contributed by atoms with E-state index in [4.69, 9.17) is 4.74 Å². The van der Waals surface area contributed by atoms with Crippen LogP contribution in [0.5, 0.6) is 0 Å². The lowest BCUT2D eigenvalue weighted by Crippen LogP contribution is -2.36. The van der Waals surface area contributed by atoms with Gasteiger partial charge in [0.1, 0.15) is 0 Å². The van der Waals surface area contributed by atoms with Gasteiger partial charge in [0.15, 0.2) is 15.9 Å². The van der Waals surface area contributed by atoms with Gasteiger partial charge in [-0.2, -0.15) is 0 Å². The molecule has 1 atom stereocenters. The summed E-state index contributed by atoms with van der Waals surface area (Å²) in [5.41, 5.74) is 0.683. The summed E-state index contributed by atoms with van der Waals surface area (Å²) in [7, 11) is -3.43. The molecular formula is C15H19NO5S. The summed E-state index contributed by atoms with van der Waals surface area (Å²) < 4.78 is 28.1. The number of hydrogen-bond donors (Lipinski definition) is 1. The van der Waals surface area contributed by atoms with Crippen LogP contribution in [0.1, 0.15) is 22.8 Å². The Hall–Kier alpha value is -2.15. The highest BCUT2D eigenvalue weighted by Crippen LogP contribution is 2.17. The van der Waals surface area contributed by atoms with Crippen LogP contribution < -0.4 is 5.32 Å². The van der Waals surface area contributed by atoms with Gasteiger partial charge in [0.05, 0.1) is 10.5 Å². The molecule has 1 amide bonds. The maximum Gasteiger partial charge on any atom is 0.339 e. The van der Waals surface area contributed by atoms with Gasteiger partial charge < -0.3 is 10.1 Å². The molecule has 0 aliphatic carbocycles. The summed E-state index contributed by atoms with van der Waals surface area (Å²) in [4.78, 5) is 23.8. The van der Waals surface area contributed by atoms with Gasteiger partial charge in [-0.1, -0.05) is 12.1 Å². The van der Waals surface area contributed by atoms with E-state index in [9.17, 15) is 18.0 Å². The fourth-order valence-corrected chi connectivity index (χ4v) is 2.29. The summed E-state index contributed by atoms with van der Waals surface area (Å²) >= 11 is 0. The van der Waals surface area contributed by atoms with Crippen LogP contribution in [0, 0.1) is 6.92 Å². The first-order valence-corrected chi connectivity index (χ1v) is 8.46. The van der Waals surface area contributed by atoms with E-state index in [2.05, 4.69) is 11.9 Å². The van der Waals surface area contributed by atoms with Crippen molar-refractivity contribution in [3.63, 3.8) is 0 Å². The summed E-state index contributed by atoms with van der Waals surface area (Å²) in [5.74, 6) is -1.20. The van der Waals surface area contributed by atoms with Gasteiger partial charge in [0, 0.05) is 12.8 Å². The van der Waals surface area contributed by atoms with Gasteiger partial charge in [-0.25, -0.2) is 13.2 Å². The molecule has 0 aliphatic rings. The fourth-order valence-electron chi connectivity index (χ4n) is 1.65. The smallest absolute Gasteiger partial charge is 0.339 e. The molecule has 0 bridgehead atoms. The van der Waals surface area contributed by atoms with Crippen molar-refractivity contribution in [2.75, 3.05) is 12.8 Å². The highest BCUT2D eigenvalue weighted by atomic mass is 32.2. The highest BCUT2D eigenvalue weighted by Gasteiger charge is 2.21. The van der Waals surface area contributed by atoms with Crippen LogP contribution in [0.4, 0.5) is 0 Å². The van der Waals surface area contributed by atoms with Crippen molar-refractivity contribution in [3.05, 3.63) is 42.0 Å². The van der Waals surface area contributed by atoms with E-state index in [0.717, 1.165) is 6.26 Å². The molecule has 0 radical (unpaired) electrons. The Balaban J connectivity index is 2.94. The number of nitrogens with one attached hydrogen (secondary N) is 1. The molecular weight excluding hydrogens is 306 g/mol. The second-order valence-corrected chi connectivity index (χ2v) is 6.85. The Kier molecular flexibility index (Phi) is 5.87. The van der Waals surface area contributed by atoms with Gasteiger partial charge >= 0.3 is 5.97 Å². The standard InChI is InChI=1S/C15H19NO5S/c1-5-8-16-14(17)11(3)21-15(18)13-9-12(22(4,19)20)7-6-10(13)2/h5-7,9,11H,1,8H2,2-4H3,(H,16,17). The van der Waals surface area contributed by atoms with Crippen LogP contribution in [0.15, 0.2) is 35.7 Å². The summed E-state index contributed by atoms with van der Waals surface area (Å²) in [6.07, 6.45) is 1.57. The lowest BCUT2D eigenvalue weighted by molar-refractivity contribution is -0.128. The molecule has 0 aromatic heterocycles. The number of aryl methyl sites for hydroxylation is 1. The van der Waals surface area contributed by atoms with Crippen molar-refractivity contribution in [2.24, 2.45) is 0 Å². The molecule has 22 heavy (non-hydrogen) atoms. The topological polar surface area (TPSA) is 89.5 Å². The van der Waals surface area contributed by atoms with Gasteiger partial charge in [-0.15, -0.1) is 6.58 Å². The van der Waals surface area contributed by atoms with Crippen LogP contribution >= 0.6 is 0 Å². The average molecular weight is 325 g/mol. The second kappa shape index (κ2) is 7.22. The zero-order valence-corrected chi connectivity index (χ0v) is 13.6. The zero-order valence-electron chi connectivity index (χ0n) is 12.8. The first kappa shape index (κ1) is 17.9. The first-order valence-electron chi connectivity index (χ1n) is 6.57. The predicted molar refractivity (Wildman–Crippen MR) is 82.4 cm³/mol. The Morgan fingerprint density at radius 1 is 1.41 bits per heavy atom. The number of sulfone groups is 1. The number of rotatable bonds is 6. The maximum atomic E-state index is 12.1. The number of carbonyl (C=O) groups excluding carboxylic acids is 2. The van der Waals surface area contributed by atoms with Crippen molar-refractivity contribution in [3.8, 4) is 0 Å². The molecule has 0 heterocycles. The first-order chi connectivity index (χ1) is 10.2. The molecule has 1 aromatic carbocycles. The molecule has 0 aliphatic heterocycles. The van der Waals surface area contributed by atoms with Gasteiger partial charge in [-0.05, 0) is 31.5 Å². The summed E-state index contributed by atoms with van der Waals surface area (Å²) in [6, 6.07) is 4.19. The predicted octanol–water partition coefficient (Wildman–Crippen LogP) is 1.25. The van der Waals surface area contributed by atoms with E-state index in [1.165, 1.54) is 31.2 Å². The van der Waals surface area contributed by atoms with E-state index in [1.54, 1.807) is 6.92 Å². The van der Waals surface area contributed by atoms with Crippen LogP contribution in [-0.4, -0.2) is 39.2 Å². The molecule has 1 unspecified atom stereocenters. The molecule has 0 fully saturated rings. The van der Waals surface area contributed by atoms with Crippen LogP contribution in [0.3, 0.4) is 0 Å². The molecule has 0 saturated heterocycles. The van der Waals surface area contributed by atoms with E-state index in [0.29, 0.717) is 5.56 Å². The maximum absolute atomic E-state index is 12.1. The van der Waals surface area contributed by atoms with Crippen LogP contribution in [0.25, 0.3) is 0 Å². The molecule has 0 saturated carbocycles. The normalized spacial score (nSPS) is 12.3. The number of amides is 1. The molecule has 7 heteroatoms. The minimum atomic E-state index is -3.43. The van der Waals surface area contributed by atoms with E-state index >= 15 is 0 Å². The van der Waals surface area contributed by atoms with Crippen molar-refractivity contribution < 1.29 is 22.7 Å². The highest BCUT2D eigenvalue weighted by molar-refractivity contribution is 7.90. The van der Waals surface area contributed by atoms with Crippen molar-refractivity contribution in [1.82, 2.24) is 5.32 Å². The fraction of sp³-hybridized carbons (Fsp3) is 0.333. The minimum Gasteiger partial charge on any atom is -0.449 e. The summed E-state index contributed by atoms with van der Waals surface area (Å²) in [5, 5.41) is 2.51. The Morgan fingerprint density at radius 3 is 2.59 bits per heavy atom. The Bertz CT molecular complexity index is 694. The number of esters is 1. The lowest BCUT2D eigenvalue weighted by Gasteiger charge is -2.14. The van der Waals surface area contributed by atoms with Crippen molar-refractivity contribution in [1.29, 1.82) is 0 Å². The number of hydrogen-bond acceptors (Lipinski definition) is 5. The number of ether oxygens (including phenoxy) is 1. The van der Waals surface area contributed by atoms with E-state index in [1.807, 2.05) is 0 Å². The lowest BCUT2D eigenvalue weighted by atomic mass is 10.1.